The molecule has 3 rings (SSSR count). The van der Waals surface area contributed by atoms with Gasteiger partial charge in [0.15, 0.2) is 0 Å². The second kappa shape index (κ2) is 4.48. The average Bonchev–Trinajstić information content (AvgIpc) is 2.76. The van der Waals surface area contributed by atoms with E-state index in [9.17, 15) is 0 Å². The lowest BCUT2D eigenvalue weighted by atomic mass is 10.2. The first kappa shape index (κ1) is 11.9. The molecule has 0 atom stereocenters. The molecule has 0 aliphatic heterocycles. The van der Waals surface area contributed by atoms with Crippen molar-refractivity contribution in [3.63, 3.8) is 0 Å². The number of nitrogens with two attached hydrogens (primary N) is 1. The van der Waals surface area contributed by atoms with Crippen LogP contribution in [0.25, 0.3) is 10.9 Å². The molecule has 3 aromatic rings. The van der Waals surface area contributed by atoms with Crippen molar-refractivity contribution < 1.29 is 4.74 Å². The van der Waals surface area contributed by atoms with E-state index in [1.54, 1.807) is 29.1 Å². The third-order valence-corrected chi connectivity index (χ3v) is 3.22. The van der Waals surface area contributed by atoms with E-state index in [1.807, 2.05) is 25.2 Å². The van der Waals surface area contributed by atoms with Crippen LogP contribution in [0.5, 0.6) is 11.5 Å². The molecule has 0 aliphatic rings. The van der Waals surface area contributed by atoms with Crippen LogP contribution in [0.1, 0.15) is 0 Å². The van der Waals surface area contributed by atoms with E-state index in [-0.39, 0.29) is 0 Å². The standard InChI is InChI=1S/C14H12ClN3O/c1-18-12-3-2-4-13(10(12)8-17-18)19-14-6-5-9(16)7-11(14)15/h2-8H,16H2,1H3. The SMILES string of the molecule is Cn1ncc2c(Oc3ccc(N)cc3Cl)cccc21. The number of nitrogens with zero attached hydrogens (tertiary/aromatic N) is 2. The fourth-order valence-electron chi connectivity index (χ4n) is 1.96. The quantitative estimate of drug-likeness (QED) is 0.726. The first-order valence-electron chi connectivity index (χ1n) is 5.79. The second-order valence-electron chi connectivity index (χ2n) is 4.25. The number of benzene rings is 2. The molecule has 5 heteroatoms. The molecule has 0 spiro atoms. The summed E-state index contributed by atoms with van der Waals surface area (Å²) in [6.07, 6.45) is 1.77. The van der Waals surface area contributed by atoms with Crippen LogP contribution in [0.2, 0.25) is 5.02 Å². The van der Waals surface area contributed by atoms with Crippen LogP contribution in [-0.4, -0.2) is 9.78 Å². The van der Waals surface area contributed by atoms with Crippen molar-refractivity contribution >= 4 is 28.2 Å². The molecule has 19 heavy (non-hydrogen) atoms. The fraction of sp³-hybridized carbons (Fsp3) is 0.0714. The highest BCUT2D eigenvalue weighted by Crippen LogP contribution is 2.34. The predicted molar refractivity (Wildman–Crippen MR) is 76.7 cm³/mol. The second-order valence-corrected chi connectivity index (χ2v) is 4.66. The Morgan fingerprint density at radius 2 is 2.05 bits per heavy atom. The molecule has 96 valence electrons. The Balaban J connectivity index is 2.06. The minimum Gasteiger partial charge on any atom is -0.455 e. The van der Waals surface area contributed by atoms with Crippen LogP contribution in [0, 0.1) is 0 Å². The molecule has 1 heterocycles. The van der Waals surface area contributed by atoms with Crippen LogP contribution in [-0.2, 0) is 7.05 Å². The number of rotatable bonds is 2. The largest absolute Gasteiger partial charge is 0.455 e. The van der Waals surface area contributed by atoms with Gasteiger partial charge >= 0.3 is 0 Å². The van der Waals surface area contributed by atoms with E-state index in [0.717, 1.165) is 16.7 Å². The summed E-state index contributed by atoms with van der Waals surface area (Å²) >= 11 is 6.11. The molecular formula is C14H12ClN3O. The molecule has 2 N–H and O–H groups in total. The molecule has 4 nitrogen and oxygen atoms in total. The van der Waals surface area contributed by atoms with Gasteiger partial charge in [-0.15, -0.1) is 0 Å². The topological polar surface area (TPSA) is 53.1 Å². The highest BCUT2D eigenvalue weighted by molar-refractivity contribution is 6.32. The van der Waals surface area contributed by atoms with Crippen molar-refractivity contribution in [2.75, 3.05) is 5.73 Å². The molecule has 1 aromatic heterocycles. The summed E-state index contributed by atoms with van der Waals surface area (Å²) in [5, 5.41) is 5.65. The van der Waals surface area contributed by atoms with E-state index in [0.29, 0.717) is 16.5 Å². The summed E-state index contributed by atoms with van der Waals surface area (Å²) in [6, 6.07) is 11.0. The van der Waals surface area contributed by atoms with Gasteiger partial charge in [0.05, 0.1) is 22.1 Å². The summed E-state index contributed by atoms with van der Waals surface area (Å²) in [5.41, 5.74) is 7.27. The van der Waals surface area contributed by atoms with Gasteiger partial charge in [0.2, 0.25) is 0 Å². The van der Waals surface area contributed by atoms with Crippen molar-refractivity contribution in [2.45, 2.75) is 0 Å². The number of fused-ring (bicyclic) bond motifs is 1. The van der Waals surface area contributed by atoms with Crippen LogP contribution in [0.3, 0.4) is 0 Å². The lowest BCUT2D eigenvalue weighted by molar-refractivity contribution is 0.488. The van der Waals surface area contributed by atoms with Crippen LogP contribution >= 0.6 is 11.6 Å². The Morgan fingerprint density at radius 1 is 1.21 bits per heavy atom. The minimum absolute atomic E-state index is 0.487. The van der Waals surface area contributed by atoms with Crippen LogP contribution in [0.4, 0.5) is 5.69 Å². The van der Waals surface area contributed by atoms with Gasteiger partial charge in [0.1, 0.15) is 11.5 Å². The van der Waals surface area contributed by atoms with Crippen molar-refractivity contribution in [1.29, 1.82) is 0 Å². The molecule has 0 saturated carbocycles. The summed E-state index contributed by atoms with van der Waals surface area (Å²) in [7, 11) is 1.89. The summed E-state index contributed by atoms with van der Waals surface area (Å²) < 4.78 is 7.65. The van der Waals surface area contributed by atoms with Gasteiger partial charge < -0.3 is 10.5 Å². The number of hydrogen-bond donors (Lipinski definition) is 1. The molecule has 0 saturated heterocycles. The minimum atomic E-state index is 0.487. The van der Waals surface area contributed by atoms with Crippen molar-refractivity contribution in [3.05, 3.63) is 47.6 Å². The Morgan fingerprint density at radius 3 is 2.84 bits per heavy atom. The number of anilines is 1. The monoisotopic (exact) mass is 273 g/mol. The maximum atomic E-state index is 6.11. The average molecular weight is 274 g/mol. The predicted octanol–water partition coefficient (Wildman–Crippen LogP) is 3.60. The van der Waals surface area contributed by atoms with Gasteiger partial charge in [0.25, 0.3) is 0 Å². The van der Waals surface area contributed by atoms with E-state index in [1.165, 1.54) is 0 Å². The summed E-state index contributed by atoms with van der Waals surface area (Å²) in [5.74, 6) is 1.30. The number of nitrogen functional groups attached to an aromatic ring is 1. The lowest BCUT2D eigenvalue weighted by Gasteiger charge is -2.09. The van der Waals surface area contributed by atoms with Crippen LogP contribution in [0.15, 0.2) is 42.6 Å². The highest BCUT2D eigenvalue weighted by atomic mass is 35.5. The molecule has 0 unspecified atom stereocenters. The van der Waals surface area contributed by atoms with Crippen LogP contribution < -0.4 is 10.5 Å². The first-order chi connectivity index (χ1) is 9.15. The zero-order valence-corrected chi connectivity index (χ0v) is 11.1. The number of aromatic nitrogens is 2. The normalized spacial score (nSPS) is 10.8. The molecule has 0 amide bonds. The van der Waals surface area contributed by atoms with Gasteiger partial charge in [-0.3, -0.25) is 4.68 Å². The molecule has 0 bridgehead atoms. The molecule has 2 aromatic carbocycles. The smallest absolute Gasteiger partial charge is 0.146 e. The number of halogens is 1. The van der Waals surface area contributed by atoms with Gasteiger partial charge in [-0.1, -0.05) is 17.7 Å². The molecule has 0 radical (unpaired) electrons. The maximum absolute atomic E-state index is 6.11. The third-order valence-electron chi connectivity index (χ3n) is 2.93. The van der Waals surface area contributed by atoms with Crippen molar-refractivity contribution in [1.82, 2.24) is 9.78 Å². The Bertz CT molecular complexity index is 752. The molecular weight excluding hydrogens is 262 g/mol. The first-order valence-corrected chi connectivity index (χ1v) is 6.16. The summed E-state index contributed by atoms with van der Waals surface area (Å²) in [6.45, 7) is 0. The zero-order chi connectivity index (χ0) is 13.4. The molecule has 0 fully saturated rings. The molecule has 0 aliphatic carbocycles. The van der Waals surface area contributed by atoms with E-state index >= 15 is 0 Å². The van der Waals surface area contributed by atoms with Gasteiger partial charge in [-0.2, -0.15) is 5.10 Å². The Kier molecular flexibility index (Phi) is 2.80. The Hall–Kier alpha value is -2.20. The van der Waals surface area contributed by atoms with Gasteiger partial charge in [0, 0.05) is 12.7 Å². The fourth-order valence-corrected chi connectivity index (χ4v) is 2.19. The van der Waals surface area contributed by atoms with E-state index < -0.39 is 0 Å². The van der Waals surface area contributed by atoms with Crippen molar-refractivity contribution in [2.24, 2.45) is 7.05 Å². The number of ether oxygens (including phenoxy) is 1. The van der Waals surface area contributed by atoms with E-state index in [4.69, 9.17) is 22.1 Å². The number of hydrogen-bond acceptors (Lipinski definition) is 3. The highest BCUT2D eigenvalue weighted by Gasteiger charge is 2.09. The van der Waals surface area contributed by atoms with E-state index in [2.05, 4.69) is 5.10 Å². The number of aryl methyl sites for hydroxylation is 1. The Labute approximate surface area is 115 Å². The third kappa shape index (κ3) is 2.11. The van der Waals surface area contributed by atoms with Gasteiger partial charge in [-0.25, -0.2) is 0 Å². The lowest BCUT2D eigenvalue weighted by Crippen LogP contribution is -1.90. The van der Waals surface area contributed by atoms with Gasteiger partial charge in [-0.05, 0) is 30.3 Å². The van der Waals surface area contributed by atoms with Crippen molar-refractivity contribution in [3.8, 4) is 11.5 Å². The maximum Gasteiger partial charge on any atom is 0.146 e. The summed E-state index contributed by atoms with van der Waals surface area (Å²) in [4.78, 5) is 0. The zero-order valence-electron chi connectivity index (χ0n) is 10.3.